The van der Waals surface area contributed by atoms with Crippen LogP contribution >= 0.6 is 0 Å². The van der Waals surface area contributed by atoms with Gasteiger partial charge < -0.3 is 15.2 Å². The van der Waals surface area contributed by atoms with E-state index in [1.807, 2.05) is 0 Å². The Kier molecular flexibility index (Phi) is 3.21. The van der Waals surface area contributed by atoms with Crippen molar-refractivity contribution < 1.29 is 28.2 Å². The SMILES string of the molecule is O=C(O)[C@@H]1[C@H](C(=O)Nc2ccc(F)c(F)c2)[C@H]2C=C[C@H]1O2. The number of carbonyl (C=O) groups is 2. The van der Waals surface area contributed by atoms with Gasteiger partial charge in [0.05, 0.1) is 18.1 Å². The van der Waals surface area contributed by atoms with Gasteiger partial charge in [0.25, 0.3) is 0 Å². The number of rotatable bonds is 3. The molecule has 1 saturated heterocycles. The number of carboxylic acid groups (broad SMARTS) is 1. The lowest BCUT2D eigenvalue weighted by atomic mass is 9.82. The Morgan fingerprint density at radius 3 is 2.38 bits per heavy atom. The van der Waals surface area contributed by atoms with E-state index < -0.39 is 47.6 Å². The van der Waals surface area contributed by atoms with Crippen molar-refractivity contribution in [3.05, 3.63) is 42.0 Å². The summed E-state index contributed by atoms with van der Waals surface area (Å²) in [5.41, 5.74) is 0.0646. The average Bonchev–Trinajstić information content (AvgIpc) is 3.03. The van der Waals surface area contributed by atoms with Crippen LogP contribution in [0.3, 0.4) is 0 Å². The molecule has 1 aromatic carbocycles. The Morgan fingerprint density at radius 2 is 1.76 bits per heavy atom. The highest BCUT2D eigenvalue weighted by atomic mass is 19.2. The minimum atomic E-state index is -1.13. The van der Waals surface area contributed by atoms with Crippen molar-refractivity contribution in [3.63, 3.8) is 0 Å². The van der Waals surface area contributed by atoms with E-state index >= 15 is 0 Å². The molecule has 0 radical (unpaired) electrons. The molecule has 1 fully saturated rings. The van der Waals surface area contributed by atoms with Crippen LogP contribution in [0.5, 0.6) is 0 Å². The van der Waals surface area contributed by atoms with Crippen LogP contribution in [-0.4, -0.2) is 29.2 Å². The molecule has 110 valence electrons. The first-order valence-electron chi connectivity index (χ1n) is 6.30. The van der Waals surface area contributed by atoms with E-state index in [4.69, 9.17) is 4.74 Å². The molecule has 0 aliphatic carbocycles. The van der Waals surface area contributed by atoms with E-state index in [2.05, 4.69) is 5.32 Å². The second kappa shape index (κ2) is 4.92. The summed E-state index contributed by atoms with van der Waals surface area (Å²) < 4.78 is 31.3. The Morgan fingerprint density at radius 1 is 1.10 bits per heavy atom. The van der Waals surface area contributed by atoms with E-state index in [1.165, 1.54) is 6.07 Å². The molecule has 2 heterocycles. The first kappa shape index (κ1) is 13.7. The normalized spacial score (nSPS) is 29.6. The van der Waals surface area contributed by atoms with Crippen molar-refractivity contribution in [2.75, 3.05) is 5.32 Å². The molecule has 0 aromatic heterocycles. The standard InChI is InChI=1S/C14H11F2NO4/c15-7-2-1-6(5-8(7)16)17-13(18)11-9-3-4-10(21-9)12(11)14(19)20/h1-5,9-12H,(H,17,18)(H,19,20)/t9-,10-,11-,12+/m1/s1. The Hall–Kier alpha value is -2.28. The quantitative estimate of drug-likeness (QED) is 0.830. The molecule has 4 atom stereocenters. The Labute approximate surface area is 118 Å². The molecule has 1 aromatic rings. The maximum Gasteiger partial charge on any atom is 0.310 e. The van der Waals surface area contributed by atoms with E-state index in [1.54, 1.807) is 12.2 Å². The minimum Gasteiger partial charge on any atom is -0.481 e. The first-order valence-corrected chi connectivity index (χ1v) is 6.30. The number of fused-ring (bicyclic) bond motifs is 2. The van der Waals surface area contributed by atoms with Crippen molar-refractivity contribution in [3.8, 4) is 0 Å². The number of aliphatic carboxylic acids is 1. The number of hydrogen-bond donors (Lipinski definition) is 2. The van der Waals surface area contributed by atoms with Crippen molar-refractivity contribution in [2.24, 2.45) is 11.8 Å². The number of halogens is 2. The minimum absolute atomic E-state index is 0.0646. The summed E-state index contributed by atoms with van der Waals surface area (Å²) in [5, 5.41) is 11.6. The highest BCUT2D eigenvalue weighted by Crippen LogP contribution is 2.39. The van der Waals surface area contributed by atoms with Crippen molar-refractivity contribution in [1.82, 2.24) is 0 Å². The van der Waals surface area contributed by atoms with Gasteiger partial charge in [-0.1, -0.05) is 12.2 Å². The highest BCUT2D eigenvalue weighted by Gasteiger charge is 2.53. The van der Waals surface area contributed by atoms with E-state index in [0.717, 1.165) is 12.1 Å². The van der Waals surface area contributed by atoms with Crippen molar-refractivity contribution in [2.45, 2.75) is 12.2 Å². The largest absolute Gasteiger partial charge is 0.481 e. The summed E-state index contributed by atoms with van der Waals surface area (Å²) in [5.74, 6) is -5.72. The fourth-order valence-corrected chi connectivity index (χ4v) is 2.71. The van der Waals surface area contributed by atoms with Gasteiger partial charge in [0.1, 0.15) is 5.92 Å². The van der Waals surface area contributed by atoms with Crippen LogP contribution in [0.15, 0.2) is 30.4 Å². The zero-order valence-corrected chi connectivity index (χ0v) is 10.6. The second-order valence-corrected chi connectivity index (χ2v) is 4.96. The third-order valence-corrected chi connectivity index (χ3v) is 3.67. The number of ether oxygens (including phenoxy) is 1. The van der Waals surface area contributed by atoms with Crippen LogP contribution in [0.4, 0.5) is 14.5 Å². The number of carboxylic acids is 1. The molecule has 21 heavy (non-hydrogen) atoms. The molecule has 7 heteroatoms. The van der Waals surface area contributed by atoms with Crippen molar-refractivity contribution in [1.29, 1.82) is 0 Å². The molecule has 1 amide bonds. The molecule has 2 aliphatic rings. The number of hydrogen-bond acceptors (Lipinski definition) is 3. The molecule has 2 aliphatic heterocycles. The molecular weight excluding hydrogens is 284 g/mol. The van der Waals surface area contributed by atoms with Gasteiger partial charge in [-0.05, 0) is 12.1 Å². The Bertz CT molecular complexity index is 646. The summed E-state index contributed by atoms with van der Waals surface area (Å²) >= 11 is 0. The van der Waals surface area contributed by atoms with Crippen LogP contribution in [0, 0.1) is 23.5 Å². The van der Waals surface area contributed by atoms with Gasteiger partial charge in [-0.15, -0.1) is 0 Å². The van der Waals surface area contributed by atoms with Gasteiger partial charge in [0, 0.05) is 11.8 Å². The zero-order valence-electron chi connectivity index (χ0n) is 10.6. The maximum atomic E-state index is 13.1. The fraction of sp³-hybridized carbons (Fsp3) is 0.286. The van der Waals surface area contributed by atoms with Gasteiger partial charge in [0.2, 0.25) is 5.91 Å². The topological polar surface area (TPSA) is 75.6 Å². The van der Waals surface area contributed by atoms with Crippen molar-refractivity contribution >= 4 is 17.6 Å². The Balaban J connectivity index is 1.80. The fourth-order valence-electron chi connectivity index (χ4n) is 2.71. The van der Waals surface area contributed by atoms with E-state index in [-0.39, 0.29) is 5.69 Å². The third-order valence-electron chi connectivity index (χ3n) is 3.67. The van der Waals surface area contributed by atoms with Crippen LogP contribution < -0.4 is 5.32 Å². The predicted octanol–water partition coefficient (Wildman–Crippen LogP) is 1.56. The van der Waals surface area contributed by atoms with Crippen LogP contribution in [0.25, 0.3) is 0 Å². The molecule has 5 nitrogen and oxygen atoms in total. The molecule has 3 rings (SSSR count). The number of amides is 1. The maximum absolute atomic E-state index is 13.1. The average molecular weight is 295 g/mol. The summed E-state index contributed by atoms with van der Waals surface area (Å²) in [6.07, 6.45) is 2.01. The molecule has 2 bridgehead atoms. The second-order valence-electron chi connectivity index (χ2n) is 4.96. The number of carbonyl (C=O) groups excluding carboxylic acids is 1. The first-order chi connectivity index (χ1) is 9.97. The summed E-state index contributed by atoms with van der Waals surface area (Å²) in [4.78, 5) is 23.5. The van der Waals surface area contributed by atoms with Gasteiger partial charge >= 0.3 is 5.97 Å². The van der Waals surface area contributed by atoms with Gasteiger partial charge in [-0.25, -0.2) is 8.78 Å². The summed E-state index contributed by atoms with van der Waals surface area (Å²) in [6.45, 7) is 0. The zero-order chi connectivity index (χ0) is 15.1. The smallest absolute Gasteiger partial charge is 0.310 e. The number of benzene rings is 1. The van der Waals surface area contributed by atoms with Gasteiger partial charge in [-0.2, -0.15) is 0 Å². The molecule has 0 spiro atoms. The lowest BCUT2D eigenvalue weighted by molar-refractivity contribution is -0.145. The van der Waals surface area contributed by atoms with E-state index in [0.29, 0.717) is 0 Å². The monoisotopic (exact) mass is 295 g/mol. The molecule has 2 N–H and O–H groups in total. The third kappa shape index (κ3) is 2.29. The van der Waals surface area contributed by atoms with Crippen LogP contribution in [0.1, 0.15) is 0 Å². The van der Waals surface area contributed by atoms with Gasteiger partial charge in [-0.3, -0.25) is 9.59 Å². The highest BCUT2D eigenvalue weighted by molar-refractivity contribution is 5.96. The van der Waals surface area contributed by atoms with Crippen LogP contribution in [-0.2, 0) is 14.3 Å². The van der Waals surface area contributed by atoms with E-state index in [9.17, 15) is 23.5 Å². The summed E-state index contributed by atoms with van der Waals surface area (Å²) in [7, 11) is 0. The van der Waals surface area contributed by atoms with Gasteiger partial charge in [0.15, 0.2) is 11.6 Å². The lowest BCUT2D eigenvalue weighted by Gasteiger charge is -2.21. The lowest BCUT2D eigenvalue weighted by Crippen LogP contribution is -2.39. The molecule has 0 saturated carbocycles. The summed E-state index contributed by atoms with van der Waals surface area (Å²) in [6, 6.07) is 2.93. The molecular formula is C14H11F2NO4. The van der Waals surface area contributed by atoms with Crippen LogP contribution in [0.2, 0.25) is 0 Å². The predicted molar refractivity (Wildman–Crippen MR) is 67.4 cm³/mol. The number of anilines is 1. The number of nitrogens with one attached hydrogen (secondary N) is 1. The molecule has 0 unspecified atom stereocenters.